The highest BCUT2D eigenvalue weighted by Crippen LogP contribution is 2.43. The van der Waals surface area contributed by atoms with Gasteiger partial charge in [-0.25, -0.2) is 4.39 Å². The molecule has 5 rings (SSSR count). The number of aromatic nitrogens is 2. The minimum absolute atomic E-state index is 0.0762. The second-order valence-corrected chi connectivity index (χ2v) is 14.7. The van der Waals surface area contributed by atoms with Crippen LogP contribution in [0.5, 0.6) is 0 Å². The SMILES string of the molecule is CC(C)n1c(CC[C@H]2C[C@H](CC(=O)OC(C)(C)C)OC(C)(C)O2)c(-c2ccc(F)cc2)c(-c2ccccc2)c1C(=O)NCCc1cccnc1. The summed E-state index contributed by atoms with van der Waals surface area (Å²) in [7, 11) is 0. The average molecular weight is 684 g/mol. The van der Waals surface area contributed by atoms with Crippen LogP contribution in [0.1, 0.15) is 95.5 Å². The smallest absolute Gasteiger partial charge is 0.308 e. The predicted octanol–water partition coefficient (Wildman–Crippen LogP) is 8.48. The predicted molar refractivity (Wildman–Crippen MR) is 193 cm³/mol. The fraction of sp³-hybridized carbons (Fsp3) is 0.439. The van der Waals surface area contributed by atoms with Gasteiger partial charge >= 0.3 is 5.97 Å². The summed E-state index contributed by atoms with van der Waals surface area (Å²) in [5, 5.41) is 3.18. The lowest BCUT2D eigenvalue weighted by atomic mass is 9.92. The van der Waals surface area contributed by atoms with Crippen molar-refractivity contribution in [3.05, 3.63) is 102 Å². The zero-order valence-corrected chi connectivity index (χ0v) is 30.3. The van der Waals surface area contributed by atoms with E-state index < -0.39 is 11.4 Å². The summed E-state index contributed by atoms with van der Waals surface area (Å²) in [5.74, 6) is -1.72. The molecule has 2 aromatic carbocycles. The molecule has 1 saturated heterocycles. The van der Waals surface area contributed by atoms with Crippen LogP contribution in [0, 0.1) is 5.82 Å². The number of pyridine rings is 1. The number of esters is 1. The molecule has 1 aliphatic rings. The van der Waals surface area contributed by atoms with Crippen LogP contribution in [0.4, 0.5) is 4.39 Å². The van der Waals surface area contributed by atoms with Gasteiger partial charge in [-0.2, -0.15) is 0 Å². The number of halogens is 1. The van der Waals surface area contributed by atoms with E-state index in [0.29, 0.717) is 37.9 Å². The van der Waals surface area contributed by atoms with Gasteiger partial charge in [0.25, 0.3) is 5.91 Å². The van der Waals surface area contributed by atoms with E-state index in [-0.39, 0.29) is 42.4 Å². The summed E-state index contributed by atoms with van der Waals surface area (Å²) >= 11 is 0. The van der Waals surface area contributed by atoms with E-state index in [4.69, 9.17) is 14.2 Å². The number of carbonyl (C=O) groups excluding carboxylic acids is 2. The van der Waals surface area contributed by atoms with Crippen molar-refractivity contribution in [2.24, 2.45) is 0 Å². The fourth-order valence-corrected chi connectivity index (χ4v) is 6.83. The van der Waals surface area contributed by atoms with Gasteiger partial charge < -0.3 is 24.1 Å². The van der Waals surface area contributed by atoms with Gasteiger partial charge in [-0.05, 0) is 103 Å². The maximum Gasteiger partial charge on any atom is 0.308 e. The second kappa shape index (κ2) is 15.7. The van der Waals surface area contributed by atoms with Crippen LogP contribution in [0.2, 0.25) is 0 Å². The van der Waals surface area contributed by atoms with Crippen molar-refractivity contribution < 1.29 is 28.2 Å². The Morgan fingerprint density at radius 3 is 2.28 bits per heavy atom. The molecule has 0 spiro atoms. The standard InChI is InChI=1S/C41H50FN3O5/c1-27(2)45-34(20-19-32-24-33(49-41(6,7)48-32)25-35(46)50-40(3,4)5)36(30-15-17-31(42)18-16-30)37(29-13-9-8-10-14-29)38(45)39(47)44-23-21-28-12-11-22-43-26-28/h8-18,22,26-27,32-33H,19-21,23-25H2,1-7H3,(H,44,47)/t32-,33+/m0/s1. The second-order valence-electron chi connectivity index (χ2n) is 14.7. The van der Waals surface area contributed by atoms with Crippen LogP contribution in [0.3, 0.4) is 0 Å². The molecule has 2 atom stereocenters. The molecule has 1 amide bonds. The van der Waals surface area contributed by atoms with Gasteiger partial charge in [-0.3, -0.25) is 14.6 Å². The first-order valence-corrected chi connectivity index (χ1v) is 17.5. The number of hydrogen-bond acceptors (Lipinski definition) is 6. The molecule has 2 aromatic heterocycles. The Morgan fingerprint density at radius 1 is 0.960 bits per heavy atom. The number of hydrogen-bond donors (Lipinski definition) is 1. The van der Waals surface area contributed by atoms with E-state index in [0.717, 1.165) is 33.5 Å². The molecule has 50 heavy (non-hydrogen) atoms. The van der Waals surface area contributed by atoms with Crippen LogP contribution in [-0.4, -0.2) is 51.6 Å². The van der Waals surface area contributed by atoms with Gasteiger partial charge in [-0.1, -0.05) is 48.5 Å². The summed E-state index contributed by atoms with van der Waals surface area (Å²) in [4.78, 5) is 31.3. The van der Waals surface area contributed by atoms with E-state index in [9.17, 15) is 14.0 Å². The van der Waals surface area contributed by atoms with E-state index >= 15 is 0 Å². The zero-order chi connectivity index (χ0) is 36.1. The maximum absolute atomic E-state index is 14.3. The molecule has 0 bridgehead atoms. The molecule has 8 nitrogen and oxygen atoms in total. The lowest BCUT2D eigenvalue weighted by Crippen LogP contribution is -2.45. The first kappa shape index (κ1) is 36.9. The molecule has 1 N–H and O–H groups in total. The third-order valence-electron chi connectivity index (χ3n) is 8.60. The van der Waals surface area contributed by atoms with Gasteiger partial charge in [0, 0.05) is 48.2 Å². The highest BCUT2D eigenvalue weighted by molar-refractivity contribution is 6.05. The third-order valence-corrected chi connectivity index (χ3v) is 8.60. The maximum atomic E-state index is 14.3. The van der Waals surface area contributed by atoms with E-state index in [2.05, 4.69) is 28.7 Å². The van der Waals surface area contributed by atoms with Crippen molar-refractivity contribution in [2.75, 3.05) is 6.54 Å². The Labute approximate surface area is 295 Å². The largest absolute Gasteiger partial charge is 0.460 e. The summed E-state index contributed by atoms with van der Waals surface area (Å²) in [6, 6.07) is 20.2. The number of nitrogens with zero attached hydrogens (tertiary/aromatic N) is 2. The molecule has 266 valence electrons. The van der Waals surface area contributed by atoms with Crippen LogP contribution < -0.4 is 5.32 Å². The zero-order valence-electron chi connectivity index (χ0n) is 30.3. The van der Waals surface area contributed by atoms with Crippen LogP contribution in [0.25, 0.3) is 22.3 Å². The molecule has 3 heterocycles. The quantitative estimate of drug-likeness (QED) is 0.151. The van der Waals surface area contributed by atoms with E-state index in [1.807, 2.05) is 77.1 Å². The Kier molecular flexibility index (Phi) is 11.6. The lowest BCUT2D eigenvalue weighted by molar-refractivity contribution is -0.300. The summed E-state index contributed by atoms with van der Waals surface area (Å²) in [5.41, 5.74) is 5.37. The Hall–Kier alpha value is -4.34. The summed E-state index contributed by atoms with van der Waals surface area (Å²) in [6.45, 7) is 13.9. The van der Waals surface area contributed by atoms with Crippen LogP contribution in [-0.2, 0) is 31.8 Å². The Morgan fingerprint density at radius 2 is 1.64 bits per heavy atom. The molecule has 1 aliphatic heterocycles. The molecule has 0 aliphatic carbocycles. The highest BCUT2D eigenvalue weighted by atomic mass is 19.1. The first-order valence-electron chi connectivity index (χ1n) is 17.5. The molecule has 9 heteroatoms. The number of ether oxygens (including phenoxy) is 3. The van der Waals surface area contributed by atoms with Crippen molar-refractivity contribution in [1.29, 1.82) is 0 Å². The molecule has 1 fully saturated rings. The fourth-order valence-electron chi connectivity index (χ4n) is 6.83. The molecule has 0 unspecified atom stereocenters. The van der Waals surface area contributed by atoms with E-state index in [1.165, 1.54) is 12.1 Å². The van der Waals surface area contributed by atoms with Gasteiger partial charge in [0.2, 0.25) is 0 Å². The van der Waals surface area contributed by atoms with Crippen molar-refractivity contribution in [3.8, 4) is 22.3 Å². The normalized spacial score (nSPS) is 17.5. The monoisotopic (exact) mass is 683 g/mol. The molecule has 0 saturated carbocycles. The van der Waals surface area contributed by atoms with Crippen molar-refractivity contribution >= 4 is 11.9 Å². The molecular formula is C41H50FN3O5. The van der Waals surface area contributed by atoms with Crippen molar-refractivity contribution in [3.63, 3.8) is 0 Å². The van der Waals surface area contributed by atoms with Crippen LogP contribution >= 0.6 is 0 Å². The molecule has 4 aromatic rings. The average Bonchev–Trinajstić information content (AvgIpc) is 3.39. The minimum atomic E-state index is -0.899. The number of amides is 1. The van der Waals surface area contributed by atoms with Gasteiger partial charge in [0.1, 0.15) is 17.1 Å². The lowest BCUT2D eigenvalue weighted by Gasteiger charge is -2.41. The Bertz CT molecular complexity index is 1740. The van der Waals surface area contributed by atoms with Gasteiger partial charge in [0.05, 0.1) is 18.6 Å². The summed E-state index contributed by atoms with van der Waals surface area (Å²) in [6.07, 6.45) is 5.41. The molecule has 0 radical (unpaired) electrons. The van der Waals surface area contributed by atoms with Crippen molar-refractivity contribution in [1.82, 2.24) is 14.9 Å². The van der Waals surface area contributed by atoms with Gasteiger partial charge in [-0.15, -0.1) is 0 Å². The number of nitrogens with one attached hydrogen (secondary N) is 1. The first-order chi connectivity index (χ1) is 23.7. The topological polar surface area (TPSA) is 91.7 Å². The third kappa shape index (κ3) is 9.46. The van der Waals surface area contributed by atoms with Crippen LogP contribution in [0.15, 0.2) is 79.1 Å². The Balaban J connectivity index is 1.54. The van der Waals surface area contributed by atoms with Crippen molar-refractivity contribution in [2.45, 2.75) is 110 Å². The minimum Gasteiger partial charge on any atom is -0.460 e. The number of carbonyl (C=O) groups is 2. The van der Waals surface area contributed by atoms with E-state index in [1.54, 1.807) is 24.5 Å². The number of benzene rings is 2. The van der Waals surface area contributed by atoms with Gasteiger partial charge in [0.15, 0.2) is 5.79 Å². The molecular weight excluding hydrogens is 633 g/mol. The summed E-state index contributed by atoms with van der Waals surface area (Å²) < 4.78 is 34.6. The highest BCUT2D eigenvalue weighted by Gasteiger charge is 2.38. The number of rotatable bonds is 12.